The first-order chi connectivity index (χ1) is 10.7. The Labute approximate surface area is 131 Å². The maximum absolute atomic E-state index is 9.54. The van der Waals surface area contributed by atoms with Gasteiger partial charge in [-0.1, -0.05) is 24.3 Å². The Balaban J connectivity index is 1.55. The largest absolute Gasteiger partial charge is 0.455 e. The molecule has 1 aromatic carbocycles. The van der Waals surface area contributed by atoms with E-state index in [0.717, 1.165) is 42.3 Å². The number of aliphatic hydroxyl groups is 1. The molecule has 1 fully saturated rings. The van der Waals surface area contributed by atoms with Gasteiger partial charge in [-0.2, -0.15) is 0 Å². The summed E-state index contributed by atoms with van der Waals surface area (Å²) in [5, 5.41) is 11.8. The maximum atomic E-state index is 9.54. The lowest BCUT2D eigenvalue weighted by Gasteiger charge is -2.06. The van der Waals surface area contributed by atoms with Crippen molar-refractivity contribution in [2.75, 3.05) is 13.2 Å². The molecule has 4 nitrogen and oxygen atoms in total. The van der Waals surface area contributed by atoms with Crippen LogP contribution in [0.1, 0.15) is 37.2 Å². The van der Waals surface area contributed by atoms with E-state index >= 15 is 0 Å². The van der Waals surface area contributed by atoms with Gasteiger partial charge in [-0.3, -0.25) is 0 Å². The molecule has 118 valence electrons. The predicted molar refractivity (Wildman–Crippen MR) is 84.2 cm³/mol. The third-order valence-corrected chi connectivity index (χ3v) is 4.14. The number of aliphatic hydroxyl groups excluding tert-OH is 1. The van der Waals surface area contributed by atoms with E-state index < -0.39 is 6.10 Å². The molecule has 0 saturated carbocycles. The number of nitrogens with two attached hydrogens (primary N) is 1. The van der Waals surface area contributed by atoms with Crippen LogP contribution >= 0.6 is 0 Å². The minimum Gasteiger partial charge on any atom is -0.455 e. The van der Waals surface area contributed by atoms with Crippen LogP contribution in [0.2, 0.25) is 0 Å². The highest BCUT2D eigenvalue weighted by Crippen LogP contribution is 2.23. The van der Waals surface area contributed by atoms with Gasteiger partial charge >= 0.3 is 0 Å². The van der Waals surface area contributed by atoms with Crippen LogP contribution < -0.4 is 5.32 Å². The third-order valence-electron chi connectivity index (χ3n) is 4.14. The molecule has 3 N–H and O–H groups in total. The van der Waals surface area contributed by atoms with Crippen LogP contribution in [0.25, 0.3) is 11.3 Å². The molecular weight excluding hydrogens is 278 g/mol. The average molecular weight is 302 g/mol. The molecule has 1 aliphatic rings. The molecule has 2 atom stereocenters. The fourth-order valence-corrected chi connectivity index (χ4v) is 2.81. The van der Waals surface area contributed by atoms with Crippen LogP contribution in [0.5, 0.6) is 0 Å². The summed E-state index contributed by atoms with van der Waals surface area (Å²) in [5.74, 6) is 1.85. The van der Waals surface area contributed by atoms with Crippen molar-refractivity contribution in [2.45, 2.75) is 38.5 Å². The van der Waals surface area contributed by atoms with Crippen LogP contribution in [0, 0.1) is 0 Å². The SMILES string of the molecule is C[C@H](O)c1ccc(-c2ccc(C[NH2+]C[C@@H]3CCCO3)o2)cc1. The highest BCUT2D eigenvalue weighted by molar-refractivity contribution is 5.58. The smallest absolute Gasteiger partial charge is 0.158 e. The lowest BCUT2D eigenvalue weighted by atomic mass is 10.1. The average Bonchev–Trinajstić information content (AvgIpc) is 3.19. The van der Waals surface area contributed by atoms with Crippen molar-refractivity contribution < 1.29 is 19.6 Å². The van der Waals surface area contributed by atoms with Gasteiger partial charge in [0.15, 0.2) is 5.76 Å². The summed E-state index contributed by atoms with van der Waals surface area (Å²) in [6, 6.07) is 11.9. The molecule has 0 spiro atoms. The number of hydrogen-bond acceptors (Lipinski definition) is 3. The Kier molecular flexibility index (Phi) is 4.93. The van der Waals surface area contributed by atoms with Gasteiger partial charge in [0.1, 0.15) is 25.0 Å². The van der Waals surface area contributed by atoms with E-state index in [2.05, 4.69) is 5.32 Å². The first-order valence-electron chi connectivity index (χ1n) is 8.03. The van der Waals surface area contributed by atoms with Crippen molar-refractivity contribution in [3.05, 3.63) is 47.7 Å². The molecule has 0 radical (unpaired) electrons. The van der Waals surface area contributed by atoms with E-state index in [-0.39, 0.29) is 0 Å². The third kappa shape index (κ3) is 3.77. The number of rotatable bonds is 6. The van der Waals surface area contributed by atoms with Gasteiger partial charge in [0.25, 0.3) is 0 Å². The number of hydrogen-bond donors (Lipinski definition) is 2. The molecule has 0 aliphatic carbocycles. The second-order valence-electron chi connectivity index (χ2n) is 5.93. The first-order valence-corrected chi connectivity index (χ1v) is 8.03. The van der Waals surface area contributed by atoms with Crippen LogP contribution in [0.3, 0.4) is 0 Å². The Bertz CT molecular complexity index is 583. The molecule has 1 aliphatic heterocycles. The minimum atomic E-state index is -0.436. The predicted octanol–water partition coefficient (Wildman–Crippen LogP) is 2.24. The maximum Gasteiger partial charge on any atom is 0.158 e. The van der Waals surface area contributed by atoms with Crippen molar-refractivity contribution in [1.29, 1.82) is 0 Å². The van der Waals surface area contributed by atoms with Gasteiger partial charge in [-0.05, 0) is 37.5 Å². The second kappa shape index (κ2) is 7.09. The van der Waals surface area contributed by atoms with Gasteiger partial charge in [0, 0.05) is 12.2 Å². The fraction of sp³-hybridized carbons (Fsp3) is 0.444. The zero-order valence-electron chi connectivity index (χ0n) is 13.0. The first kappa shape index (κ1) is 15.3. The summed E-state index contributed by atoms with van der Waals surface area (Å²) in [6.45, 7) is 4.51. The van der Waals surface area contributed by atoms with Gasteiger partial charge in [0.2, 0.25) is 0 Å². The van der Waals surface area contributed by atoms with E-state index in [1.54, 1.807) is 6.92 Å². The molecular formula is C18H24NO3+. The fourth-order valence-electron chi connectivity index (χ4n) is 2.81. The Morgan fingerprint density at radius 2 is 2.05 bits per heavy atom. The summed E-state index contributed by atoms with van der Waals surface area (Å²) in [6.07, 6.45) is 2.33. The molecule has 1 aromatic heterocycles. The van der Waals surface area contributed by atoms with Crippen LogP contribution in [0.4, 0.5) is 0 Å². The number of furan rings is 1. The van der Waals surface area contributed by atoms with Crippen molar-refractivity contribution in [1.82, 2.24) is 0 Å². The molecule has 2 heterocycles. The summed E-state index contributed by atoms with van der Waals surface area (Å²) in [4.78, 5) is 0. The molecule has 0 amide bonds. The lowest BCUT2D eigenvalue weighted by molar-refractivity contribution is -0.677. The minimum absolute atomic E-state index is 0.405. The van der Waals surface area contributed by atoms with Crippen LogP contribution in [-0.4, -0.2) is 24.4 Å². The highest BCUT2D eigenvalue weighted by Gasteiger charge is 2.17. The van der Waals surface area contributed by atoms with E-state index in [1.165, 1.54) is 12.8 Å². The summed E-state index contributed by atoms with van der Waals surface area (Å²) >= 11 is 0. The summed E-state index contributed by atoms with van der Waals surface area (Å²) in [5.41, 5.74) is 1.95. The molecule has 3 rings (SSSR count). The van der Waals surface area contributed by atoms with Gasteiger partial charge in [-0.25, -0.2) is 0 Å². The van der Waals surface area contributed by atoms with Gasteiger partial charge in [-0.15, -0.1) is 0 Å². The van der Waals surface area contributed by atoms with Crippen LogP contribution in [0.15, 0.2) is 40.8 Å². The number of quaternary nitrogens is 1. The van der Waals surface area contributed by atoms with Crippen molar-refractivity contribution in [3.63, 3.8) is 0 Å². The topological polar surface area (TPSA) is 59.2 Å². The lowest BCUT2D eigenvalue weighted by Crippen LogP contribution is -2.84. The Morgan fingerprint density at radius 1 is 1.23 bits per heavy atom. The molecule has 0 bridgehead atoms. The van der Waals surface area contributed by atoms with E-state index in [9.17, 15) is 5.11 Å². The standard InChI is InChI=1S/C18H23NO3/c1-13(20)14-4-6-15(7-5-14)18-9-8-17(22-18)12-19-11-16-3-2-10-21-16/h4-9,13,16,19-20H,2-3,10-12H2,1H3/p+1/t13-,16-/m0/s1. The number of ether oxygens (including phenoxy) is 1. The zero-order chi connectivity index (χ0) is 15.4. The quantitative estimate of drug-likeness (QED) is 0.860. The molecule has 1 saturated heterocycles. The van der Waals surface area contributed by atoms with Crippen LogP contribution in [-0.2, 0) is 11.3 Å². The number of benzene rings is 1. The monoisotopic (exact) mass is 302 g/mol. The molecule has 0 unspecified atom stereocenters. The van der Waals surface area contributed by atoms with Crippen molar-refractivity contribution in [2.24, 2.45) is 0 Å². The second-order valence-corrected chi connectivity index (χ2v) is 5.93. The van der Waals surface area contributed by atoms with Gasteiger partial charge in [0.05, 0.1) is 6.10 Å². The molecule has 4 heteroatoms. The molecule has 22 heavy (non-hydrogen) atoms. The van der Waals surface area contributed by atoms with E-state index in [4.69, 9.17) is 9.15 Å². The van der Waals surface area contributed by atoms with Crippen molar-refractivity contribution >= 4 is 0 Å². The van der Waals surface area contributed by atoms with Gasteiger partial charge < -0.3 is 19.6 Å². The normalized spacial score (nSPS) is 19.5. The Morgan fingerprint density at radius 3 is 2.73 bits per heavy atom. The zero-order valence-corrected chi connectivity index (χ0v) is 13.0. The highest BCUT2D eigenvalue weighted by atomic mass is 16.5. The van der Waals surface area contributed by atoms with E-state index in [0.29, 0.717) is 6.10 Å². The molecule has 2 aromatic rings. The Hall–Kier alpha value is -1.62. The summed E-state index contributed by atoms with van der Waals surface area (Å²) in [7, 11) is 0. The summed E-state index contributed by atoms with van der Waals surface area (Å²) < 4.78 is 11.5. The van der Waals surface area contributed by atoms with Crippen molar-refractivity contribution in [3.8, 4) is 11.3 Å². The van der Waals surface area contributed by atoms with E-state index in [1.807, 2.05) is 36.4 Å².